The van der Waals surface area contributed by atoms with Crippen molar-refractivity contribution in [2.75, 3.05) is 39.4 Å². The second-order valence-electron chi connectivity index (χ2n) is 6.53. The van der Waals surface area contributed by atoms with Gasteiger partial charge in [0.1, 0.15) is 18.1 Å². The summed E-state index contributed by atoms with van der Waals surface area (Å²) in [5.74, 6) is 1.40. The molecule has 1 saturated heterocycles. The van der Waals surface area contributed by atoms with E-state index in [9.17, 15) is 4.79 Å². The van der Waals surface area contributed by atoms with Crippen LogP contribution in [0.15, 0.2) is 34.7 Å². The first-order chi connectivity index (χ1) is 13.1. The number of furan rings is 1. The van der Waals surface area contributed by atoms with E-state index in [1.165, 1.54) is 0 Å². The van der Waals surface area contributed by atoms with Crippen LogP contribution in [-0.2, 0) is 11.3 Å². The van der Waals surface area contributed by atoms with Gasteiger partial charge >= 0.3 is 0 Å². The average molecular weight is 393 g/mol. The molecule has 1 aromatic carbocycles. The van der Waals surface area contributed by atoms with Crippen molar-refractivity contribution in [3.8, 4) is 5.75 Å². The van der Waals surface area contributed by atoms with E-state index in [0.717, 1.165) is 44.8 Å². The van der Waals surface area contributed by atoms with Gasteiger partial charge in [-0.05, 0) is 55.8 Å². The zero-order valence-corrected chi connectivity index (χ0v) is 16.3. The molecule has 0 unspecified atom stereocenters. The van der Waals surface area contributed by atoms with Crippen molar-refractivity contribution in [2.24, 2.45) is 0 Å². The highest BCUT2D eigenvalue weighted by atomic mass is 35.5. The first kappa shape index (κ1) is 19.7. The van der Waals surface area contributed by atoms with Gasteiger partial charge in [-0.25, -0.2) is 0 Å². The Hall–Kier alpha value is -2.02. The minimum absolute atomic E-state index is 0.203. The van der Waals surface area contributed by atoms with Crippen molar-refractivity contribution in [1.82, 2.24) is 10.2 Å². The predicted octanol–water partition coefficient (Wildman–Crippen LogP) is 3.27. The van der Waals surface area contributed by atoms with E-state index in [-0.39, 0.29) is 12.5 Å². The molecule has 1 N–H and O–H groups in total. The summed E-state index contributed by atoms with van der Waals surface area (Å²) in [6.07, 6.45) is 0.901. The summed E-state index contributed by atoms with van der Waals surface area (Å²) < 4.78 is 16.6. The second-order valence-corrected chi connectivity index (χ2v) is 6.94. The fraction of sp³-hybridized carbons (Fsp3) is 0.450. The number of halogens is 1. The van der Waals surface area contributed by atoms with E-state index in [2.05, 4.69) is 10.2 Å². The van der Waals surface area contributed by atoms with Crippen LogP contribution in [0.25, 0.3) is 0 Å². The highest BCUT2D eigenvalue weighted by Crippen LogP contribution is 2.22. The van der Waals surface area contributed by atoms with Gasteiger partial charge in [-0.1, -0.05) is 11.6 Å². The van der Waals surface area contributed by atoms with Crippen molar-refractivity contribution < 1.29 is 18.7 Å². The lowest BCUT2D eigenvalue weighted by molar-refractivity contribution is 0.0374. The summed E-state index contributed by atoms with van der Waals surface area (Å²) in [4.78, 5) is 14.5. The van der Waals surface area contributed by atoms with E-state index in [1.807, 2.05) is 13.0 Å². The van der Waals surface area contributed by atoms with Crippen LogP contribution in [0, 0.1) is 6.92 Å². The number of amides is 1. The summed E-state index contributed by atoms with van der Waals surface area (Å²) in [7, 11) is 0. The number of rotatable bonds is 8. The molecule has 2 heterocycles. The number of carbonyl (C=O) groups is 1. The summed E-state index contributed by atoms with van der Waals surface area (Å²) >= 11 is 6.01. The number of nitrogens with one attached hydrogen (secondary N) is 1. The zero-order valence-electron chi connectivity index (χ0n) is 15.5. The molecule has 3 rings (SSSR count). The molecular formula is C20H25ClN2O4. The maximum absolute atomic E-state index is 12.2. The van der Waals surface area contributed by atoms with Gasteiger partial charge in [0.2, 0.25) is 0 Å². The Labute approximate surface area is 164 Å². The number of hydrogen-bond donors (Lipinski definition) is 1. The van der Waals surface area contributed by atoms with Crippen LogP contribution < -0.4 is 10.1 Å². The molecule has 0 aliphatic carbocycles. The fourth-order valence-electron chi connectivity index (χ4n) is 2.86. The van der Waals surface area contributed by atoms with Gasteiger partial charge in [-0.2, -0.15) is 0 Å². The van der Waals surface area contributed by atoms with Crippen molar-refractivity contribution in [1.29, 1.82) is 0 Å². The van der Waals surface area contributed by atoms with Crippen LogP contribution in [0.1, 0.15) is 28.3 Å². The Bertz CT molecular complexity index is 756. The highest BCUT2D eigenvalue weighted by molar-refractivity contribution is 6.31. The molecule has 1 aliphatic rings. The summed E-state index contributed by atoms with van der Waals surface area (Å²) in [5.41, 5.74) is 0.950. The number of ether oxygens (including phenoxy) is 2. The maximum atomic E-state index is 12.2. The summed E-state index contributed by atoms with van der Waals surface area (Å²) in [6, 6.07) is 8.90. The summed E-state index contributed by atoms with van der Waals surface area (Å²) in [5, 5.41) is 3.60. The molecule has 0 bridgehead atoms. The van der Waals surface area contributed by atoms with E-state index < -0.39 is 0 Å². The van der Waals surface area contributed by atoms with Crippen LogP contribution in [0.2, 0.25) is 5.02 Å². The molecule has 0 atom stereocenters. The van der Waals surface area contributed by atoms with Gasteiger partial charge in [0.05, 0.1) is 13.2 Å². The number of aryl methyl sites for hydroxylation is 1. The molecule has 1 aromatic heterocycles. The van der Waals surface area contributed by atoms with Crippen LogP contribution in [0.5, 0.6) is 5.75 Å². The van der Waals surface area contributed by atoms with Crippen molar-refractivity contribution in [3.63, 3.8) is 0 Å². The third-order valence-corrected chi connectivity index (χ3v) is 4.86. The quantitative estimate of drug-likeness (QED) is 0.698. The van der Waals surface area contributed by atoms with Gasteiger partial charge in [-0.15, -0.1) is 0 Å². The third kappa shape index (κ3) is 5.99. The lowest BCUT2D eigenvalue weighted by Crippen LogP contribution is -2.38. The molecule has 1 fully saturated rings. The molecule has 1 amide bonds. The Balaban J connectivity index is 1.39. The van der Waals surface area contributed by atoms with E-state index in [1.54, 1.807) is 24.3 Å². The topological polar surface area (TPSA) is 63.9 Å². The minimum atomic E-state index is -0.203. The Morgan fingerprint density at radius 2 is 2.07 bits per heavy atom. The maximum Gasteiger partial charge on any atom is 0.286 e. The fourth-order valence-corrected chi connectivity index (χ4v) is 2.97. The van der Waals surface area contributed by atoms with E-state index in [4.69, 9.17) is 25.5 Å². The number of carbonyl (C=O) groups excluding carboxylic acids is 1. The molecule has 0 saturated carbocycles. The smallest absolute Gasteiger partial charge is 0.286 e. The highest BCUT2D eigenvalue weighted by Gasteiger charge is 2.13. The van der Waals surface area contributed by atoms with Crippen molar-refractivity contribution in [3.05, 3.63) is 52.4 Å². The largest absolute Gasteiger partial charge is 0.486 e. The lowest BCUT2D eigenvalue weighted by atomic mass is 10.2. The van der Waals surface area contributed by atoms with Crippen LogP contribution in [-0.4, -0.2) is 50.2 Å². The monoisotopic (exact) mass is 392 g/mol. The molecule has 1 aliphatic heterocycles. The Kier molecular flexibility index (Phi) is 7.15. The standard InChI is InChI=1S/C20H25ClN2O4/c1-15-13-16(3-5-18(15)21)26-14-17-4-6-19(27-17)20(24)22-7-2-8-23-9-11-25-12-10-23/h3-6,13H,2,7-12,14H2,1H3,(H,22,24). The van der Waals surface area contributed by atoms with Gasteiger partial charge in [0.15, 0.2) is 5.76 Å². The van der Waals surface area contributed by atoms with Gasteiger partial charge in [0, 0.05) is 24.7 Å². The van der Waals surface area contributed by atoms with Gasteiger partial charge in [-0.3, -0.25) is 9.69 Å². The number of nitrogens with zero attached hydrogens (tertiary/aromatic N) is 1. The van der Waals surface area contributed by atoms with E-state index >= 15 is 0 Å². The Morgan fingerprint density at radius 1 is 1.26 bits per heavy atom. The molecular weight excluding hydrogens is 368 g/mol. The van der Waals surface area contributed by atoms with Gasteiger partial charge < -0.3 is 19.2 Å². The SMILES string of the molecule is Cc1cc(OCc2ccc(C(=O)NCCCN3CCOCC3)o2)ccc1Cl. The first-order valence-corrected chi connectivity index (χ1v) is 9.55. The molecule has 0 radical (unpaired) electrons. The number of morpholine rings is 1. The number of hydrogen-bond acceptors (Lipinski definition) is 5. The van der Waals surface area contributed by atoms with Crippen LogP contribution >= 0.6 is 11.6 Å². The van der Waals surface area contributed by atoms with Crippen LogP contribution in [0.3, 0.4) is 0 Å². The van der Waals surface area contributed by atoms with Crippen molar-refractivity contribution >= 4 is 17.5 Å². The van der Waals surface area contributed by atoms with Crippen LogP contribution in [0.4, 0.5) is 0 Å². The predicted molar refractivity (Wildman–Crippen MR) is 103 cm³/mol. The van der Waals surface area contributed by atoms with Crippen molar-refractivity contribution in [2.45, 2.75) is 20.0 Å². The van der Waals surface area contributed by atoms with Gasteiger partial charge in [0.25, 0.3) is 5.91 Å². The molecule has 2 aromatic rings. The molecule has 146 valence electrons. The average Bonchev–Trinajstić information content (AvgIpc) is 3.16. The first-order valence-electron chi connectivity index (χ1n) is 9.18. The molecule has 27 heavy (non-hydrogen) atoms. The lowest BCUT2D eigenvalue weighted by Gasteiger charge is -2.26. The molecule has 6 nitrogen and oxygen atoms in total. The summed E-state index contributed by atoms with van der Waals surface area (Å²) in [6.45, 7) is 7.26. The second kappa shape index (κ2) is 9.78. The minimum Gasteiger partial charge on any atom is -0.486 e. The zero-order chi connectivity index (χ0) is 19.1. The third-order valence-electron chi connectivity index (χ3n) is 4.44. The Morgan fingerprint density at radius 3 is 2.85 bits per heavy atom. The molecule has 0 spiro atoms. The normalized spacial score (nSPS) is 14.9. The van der Waals surface area contributed by atoms with E-state index in [0.29, 0.717) is 28.8 Å². The molecule has 7 heteroatoms. The number of benzene rings is 1.